The Kier molecular flexibility index (Phi) is 6.59. The van der Waals surface area contributed by atoms with Gasteiger partial charge in [-0.05, 0) is 44.0 Å². The van der Waals surface area contributed by atoms with E-state index in [0.717, 1.165) is 12.0 Å². The summed E-state index contributed by atoms with van der Waals surface area (Å²) in [4.78, 5) is 23.9. The molecule has 0 aliphatic carbocycles. The summed E-state index contributed by atoms with van der Waals surface area (Å²) in [5, 5.41) is 3.41. The van der Waals surface area contributed by atoms with Crippen molar-refractivity contribution in [2.75, 3.05) is 6.61 Å². The van der Waals surface area contributed by atoms with Gasteiger partial charge < -0.3 is 10.1 Å². The third-order valence-electron chi connectivity index (χ3n) is 3.90. The average molecular weight is 360 g/mol. The second kappa shape index (κ2) is 8.67. The molecular formula is C20H22ClNO3. The van der Waals surface area contributed by atoms with Crippen LogP contribution < -0.4 is 10.1 Å². The highest BCUT2D eigenvalue weighted by molar-refractivity contribution is 6.31. The summed E-state index contributed by atoms with van der Waals surface area (Å²) >= 11 is 5.90. The van der Waals surface area contributed by atoms with Crippen molar-refractivity contribution in [3.8, 4) is 5.75 Å². The molecule has 4 nitrogen and oxygen atoms in total. The molecule has 0 spiro atoms. The van der Waals surface area contributed by atoms with Crippen LogP contribution in [0.1, 0.15) is 47.8 Å². The van der Waals surface area contributed by atoms with E-state index >= 15 is 0 Å². The number of halogens is 1. The van der Waals surface area contributed by atoms with Gasteiger partial charge in [-0.25, -0.2) is 0 Å². The van der Waals surface area contributed by atoms with Gasteiger partial charge in [0.1, 0.15) is 5.75 Å². The molecule has 0 unspecified atom stereocenters. The Morgan fingerprint density at radius 3 is 2.44 bits per heavy atom. The second-order valence-corrected chi connectivity index (χ2v) is 6.36. The number of amides is 1. The van der Waals surface area contributed by atoms with Gasteiger partial charge in [-0.2, -0.15) is 0 Å². The molecule has 2 aromatic rings. The van der Waals surface area contributed by atoms with E-state index in [-0.39, 0.29) is 24.3 Å². The van der Waals surface area contributed by atoms with E-state index < -0.39 is 0 Å². The lowest BCUT2D eigenvalue weighted by Crippen LogP contribution is -2.32. The summed E-state index contributed by atoms with van der Waals surface area (Å²) < 4.78 is 5.52. The number of carbonyl (C=O) groups is 2. The predicted octanol–water partition coefficient (Wildman–Crippen LogP) is 4.50. The number of Topliss-reactive ketones (excluding diaryl/α,β-unsaturated/α-hetero) is 1. The second-order valence-electron chi connectivity index (χ2n) is 5.92. The lowest BCUT2D eigenvalue weighted by molar-refractivity contribution is -0.123. The van der Waals surface area contributed by atoms with Gasteiger partial charge in [-0.1, -0.05) is 48.4 Å². The van der Waals surface area contributed by atoms with Crippen molar-refractivity contribution in [1.29, 1.82) is 0 Å². The first-order valence-electron chi connectivity index (χ1n) is 8.20. The standard InChI is InChI=1S/C20H22ClNO3/c1-4-18(15-7-5-13(2)6-8-15)22-20(24)12-25-19-10-9-16(21)11-17(19)14(3)23/h5-11,18H,4,12H2,1-3H3,(H,22,24)/t18-/m1/s1. The summed E-state index contributed by atoms with van der Waals surface area (Å²) in [6, 6.07) is 12.8. The van der Waals surface area contributed by atoms with Crippen LogP contribution in [0.5, 0.6) is 5.75 Å². The summed E-state index contributed by atoms with van der Waals surface area (Å²) in [6.07, 6.45) is 0.772. The van der Waals surface area contributed by atoms with E-state index in [4.69, 9.17) is 16.3 Å². The van der Waals surface area contributed by atoms with Crippen molar-refractivity contribution in [3.63, 3.8) is 0 Å². The molecule has 1 amide bonds. The van der Waals surface area contributed by atoms with Gasteiger partial charge in [-0.15, -0.1) is 0 Å². The zero-order valence-corrected chi connectivity index (χ0v) is 15.4. The smallest absolute Gasteiger partial charge is 0.258 e. The lowest BCUT2D eigenvalue weighted by Gasteiger charge is -2.18. The quantitative estimate of drug-likeness (QED) is 0.740. The highest BCUT2D eigenvalue weighted by atomic mass is 35.5. The van der Waals surface area contributed by atoms with Crippen LogP contribution in [0.3, 0.4) is 0 Å². The lowest BCUT2D eigenvalue weighted by atomic mass is 10.0. The van der Waals surface area contributed by atoms with E-state index in [1.54, 1.807) is 12.1 Å². The molecule has 0 fully saturated rings. The molecule has 0 bridgehead atoms. The van der Waals surface area contributed by atoms with Crippen molar-refractivity contribution in [3.05, 3.63) is 64.2 Å². The van der Waals surface area contributed by atoms with Gasteiger partial charge in [0.2, 0.25) is 0 Å². The van der Waals surface area contributed by atoms with Gasteiger partial charge in [0.15, 0.2) is 12.4 Å². The summed E-state index contributed by atoms with van der Waals surface area (Å²) in [6.45, 7) is 5.31. The predicted molar refractivity (Wildman–Crippen MR) is 99.3 cm³/mol. The van der Waals surface area contributed by atoms with Crippen LogP contribution in [0.2, 0.25) is 5.02 Å². The molecule has 0 radical (unpaired) electrons. The molecule has 2 rings (SSSR count). The molecule has 0 heterocycles. The van der Waals surface area contributed by atoms with Crippen LogP contribution in [0, 0.1) is 6.92 Å². The van der Waals surface area contributed by atoms with E-state index in [1.807, 2.05) is 38.1 Å². The Hall–Kier alpha value is -2.33. The Morgan fingerprint density at radius 1 is 1.16 bits per heavy atom. The maximum atomic E-state index is 12.2. The van der Waals surface area contributed by atoms with Gasteiger partial charge in [0.05, 0.1) is 11.6 Å². The maximum Gasteiger partial charge on any atom is 0.258 e. The number of hydrogen-bond donors (Lipinski definition) is 1. The maximum absolute atomic E-state index is 12.2. The molecular weight excluding hydrogens is 338 g/mol. The molecule has 0 saturated carbocycles. The summed E-state index contributed by atoms with van der Waals surface area (Å²) in [5.74, 6) is -0.0451. The molecule has 0 saturated heterocycles. The van der Waals surface area contributed by atoms with Crippen molar-refractivity contribution in [1.82, 2.24) is 5.32 Å². The van der Waals surface area contributed by atoms with Crippen LogP contribution in [-0.2, 0) is 4.79 Å². The van der Waals surface area contributed by atoms with Crippen molar-refractivity contribution < 1.29 is 14.3 Å². The Labute approximate surface area is 153 Å². The Bertz CT molecular complexity index is 756. The van der Waals surface area contributed by atoms with Crippen LogP contribution in [-0.4, -0.2) is 18.3 Å². The average Bonchev–Trinajstić information content (AvgIpc) is 2.59. The molecule has 25 heavy (non-hydrogen) atoms. The fraction of sp³-hybridized carbons (Fsp3) is 0.300. The number of benzene rings is 2. The zero-order valence-electron chi connectivity index (χ0n) is 14.6. The van der Waals surface area contributed by atoms with Crippen molar-refractivity contribution in [2.45, 2.75) is 33.2 Å². The van der Waals surface area contributed by atoms with Gasteiger partial charge in [0.25, 0.3) is 5.91 Å². The highest BCUT2D eigenvalue weighted by Crippen LogP contribution is 2.23. The zero-order chi connectivity index (χ0) is 18.4. The number of hydrogen-bond acceptors (Lipinski definition) is 3. The van der Waals surface area contributed by atoms with E-state index in [1.165, 1.54) is 18.6 Å². The van der Waals surface area contributed by atoms with Crippen LogP contribution in [0.15, 0.2) is 42.5 Å². The molecule has 132 valence electrons. The van der Waals surface area contributed by atoms with E-state index in [0.29, 0.717) is 16.3 Å². The Morgan fingerprint density at radius 2 is 1.84 bits per heavy atom. The fourth-order valence-electron chi connectivity index (χ4n) is 2.50. The first-order chi connectivity index (χ1) is 11.9. The number of nitrogens with one attached hydrogen (secondary N) is 1. The van der Waals surface area contributed by atoms with Gasteiger partial charge in [0, 0.05) is 5.02 Å². The molecule has 0 aliphatic rings. The number of aryl methyl sites for hydroxylation is 1. The van der Waals surface area contributed by atoms with Crippen LogP contribution in [0.25, 0.3) is 0 Å². The Balaban J connectivity index is 2.00. The fourth-order valence-corrected chi connectivity index (χ4v) is 2.67. The SMILES string of the molecule is CC[C@@H](NC(=O)COc1ccc(Cl)cc1C(C)=O)c1ccc(C)cc1. The molecule has 5 heteroatoms. The number of ether oxygens (including phenoxy) is 1. The highest BCUT2D eigenvalue weighted by Gasteiger charge is 2.15. The molecule has 0 aliphatic heterocycles. The molecule has 1 atom stereocenters. The van der Waals surface area contributed by atoms with Crippen molar-refractivity contribution >= 4 is 23.3 Å². The minimum Gasteiger partial charge on any atom is -0.483 e. The topological polar surface area (TPSA) is 55.4 Å². The van der Waals surface area contributed by atoms with Crippen molar-refractivity contribution in [2.24, 2.45) is 0 Å². The first-order valence-corrected chi connectivity index (χ1v) is 8.57. The molecule has 0 aromatic heterocycles. The van der Waals surface area contributed by atoms with Gasteiger partial charge in [-0.3, -0.25) is 9.59 Å². The van der Waals surface area contributed by atoms with Crippen LogP contribution in [0.4, 0.5) is 0 Å². The minimum absolute atomic E-state index is 0.0748. The first kappa shape index (κ1) is 19.0. The third kappa shape index (κ3) is 5.33. The number of carbonyl (C=O) groups excluding carboxylic acids is 2. The molecule has 2 aromatic carbocycles. The van der Waals surface area contributed by atoms with E-state index in [9.17, 15) is 9.59 Å². The normalized spacial score (nSPS) is 11.7. The van der Waals surface area contributed by atoms with E-state index in [2.05, 4.69) is 5.32 Å². The largest absolute Gasteiger partial charge is 0.483 e. The number of ketones is 1. The summed E-state index contributed by atoms with van der Waals surface area (Å²) in [5.41, 5.74) is 2.59. The van der Waals surface area contributed by atoms with Crippen LogP contribution >= 0.6 is 11.6 Å². The minimum atomic E-state index is -0.239. The van der Waals surface area contributed by atoms with Gasteiger partial charge >= 0.3 is 0 Å². The molecule has 1 N–H and O–H groups in total. The third-order valence-corrected chi connectivity index (χ3v) is 4.14. The number of rotatable bonds is 7. The summed E-state index contributed by atoms with van der Waals surface area (Å²) in [7, 11) is 0. The monoisotopic (exact) mass is 359 g/mol.